The topological polar surface area (TPSA) is 104 Å². The highest BCUT2D eigenvalue weighted by atomic mass is 32.2. The third-order valence-electron chi connectivity index (χ3n) is 5.69. The second-order valence-electron chi connectivity index (χ2n) is 8.34. The fourth-order valence-electron chi connectivity index (χ4n) is 3.67. The molecule has 35 heavy (non-hydrogen) atoms. The van der Waals surface area contributed by atoms with Crippen molar-refractivity contribution in [2.45, 2.75) is 25.7 Å². The molecule has 180 valence electrons. The van der Waals surface area contributed by atoms with E-state index >= 15 is 0 Å². The van der Waals surface area contributed by atoms with Crippen LogP contribution in [0.1, 0.15) is 16.7 Å². The summed E-state index contributed by atoms with van der Waals surface area (Å²) >= 11 is 0. The van der Waals surface area contributed by atoms with Crippen LogP contribution in [0.2, 0.25) is 0 Å². The summed E-state index contributed by atoms with van der Waals surface area (Å²) in [5.74, 6) is 0.00930. The Labute approximate surface area is 205 Å². The minimum absolute atomic E-state index is 0.101. The summed E-state index contributed by atoms with van der Waals surface area (Å²) < 4.78 is 27.8. The first-order chi connectivity index (χ1) is 16.7. The van der Waals surface area contributed by atoms with Crippen LogP contribution < -0.4 is 14.9 Å². The number of amides is 1. The Morgan fingerprint density at radius 3 is 2.09 bits per heavy atom. The average molecular weight is 490 g/mol. The Balaban J connectivity index is 1.65. The van der Waals surface area contributed by atoms with Crippen LogP contribution in [0.25, 0.3) is 11.0 Å². The molecule has 0 saturated heterocycles. The summed E-state index contributed by atoms with van der Waals surface area (Å²) in [5.41, 5.74) is 4.73. The Kier molecular flexibility index (Phi) is 6.70. The molecule has 0 saturated carbocycles. The van der Waals surface area contributed by atoms with Crippen LogP contribution in [0.15, 0.2) is 71.6 Å². The standard InChI is InChI=1S/C26H27N5O3S/c1-17-12-14-20(15-13-17)35(33,34)31(4)26-25(28-21-10-5-6-11-22(21)29-26)27-16-23(32)30-24-18(2)8-7-9-19(24)3/h5-15H,16H2,1-4H3,(H,27,28)(H,30,32). The van der Waals surface area contributed by atoms with E-state index in [9.17, 15) is 13.2 Å². The number of benzene rings is 3. The maximum atomic E-state index is 13.3. The first kappa shape index (κ1) is 24.2. The van der Waals surface area contributed by atoms with E-state index < -0.39 is 10.0 Å². The maximum Gasteiger partial charge on any atom is 0.265 e. The maximum absolute atomic E-state index is 13.3. The molecule has 0 spiro atoms. The third kappa shape index (κ3) is 5.09. The number of aromatic nitrogens is 2. The number of sulfonamides is 1. The van der Waals surface area contributed by atoms with Crippen molar-refractivity contribution in [3.05, 3.63) is 83.4 Å². The average Bonchev–Trinajstić information content (AvgIpc) is 2.84. The van der Waals surface area contributed by atoms with Gasteiger partial charge in [0.1, 0.15) is 0 Å². The quantitative estimate of drug-likeness (QED) is 0.398. The molecule has 4 rings (SSSR count). The fourth-order valence-corrected chi connectivity index (χ4v) is 4.82. The number of nitrogens with zero attached hydrogens (tertiary/aromatic N) is 3. The number of nitrogens with one attached hydrogen (secondary N) is 2. The van der Waals surface area contributed by atoms with Gasteiger partial charge in [0.2, 0.25) is 5.91 Å². The molecule has 0 fully saturated rings. The van der Waals surface area contributed by atoms with E-state index in [2.05, 4.69) is 20.6 Å². The lowest BCUT2D eigenvalue weighted by Gasteiger charge is -2.22. The van der Waals surface area contributed by atoms with Gasteiger partial charge in [0, 0.05) is 12.7 Å². The zero-order valence-corrected chi connectivity index (χ0v) is 20.8. The number of para-hydroxylation sites is 3. The van der Waals surface area contributed by atoms with Crippen LogP contribution in [0.4, 0.5) is 17.3 Å². The molecule has 0 aliphatic carbocycles. The SMILES string of the molecule is Cc1ccc(S(=O)(=O)N(C)c2nc3ccccc3nc2NCC(=O)Nc2c(C)cccc2C)cc1. The zero-order chi connectivity index (χ0) is 25.2. The van der Waals surface area contributed by atoms with Gasteiger partial charge in [-0.15, -0.1) is 0 Å². The number of aryl methyl sites for hydroxylation is 3. The van der Waals surface area contributed by atoms with Crippen LogP contribution in [0, 0.1) is 20.8 Å². The lowest BCUT2D eigenvalue weighted by molar-refractivity contribution is -0.114. The minimum Gasteiger partial charge on any atom is -0.358 e. The second-order valence-corrected chi connectivity index (χ2v) is 10.3. The molecule has 1 heterocycles. The number of hydrogen-bond acceptors (Lipinski definition) is 6. The molecular formula is C26H27N5O3S. The van der Waals surface area contributed by atoms with Gasteiger partial charge in [-0.3, -0.25) is 4.79 Å². The van der Waals surface area contributed by atoms with E-state index in [1.54, 1.807) is 42.5 Å². The van der Waals surface area contributed by atoms with Gasteiger partial charge in [-0.2, -0.15) is 0 Å². The Morgan fingerprint density at radius 1 is 0.857 bits per heavy atom. The predicted octanol–water partition coefficient (Wildman–Crippen LogP) is 4.43. The molecule has 3 aromatic carbocycles. The first-order valence-corrected chi connectivity index (χ1v) is 12.5. The summed E-state index contributed by atoms with van der Waals surface area (Å²) in [4.78, 5) is 22.0. The van der Waals surface area contributed by atoms with Crippen molar-refractivity contribution >= 4 is 44.3 Å². The van der Waals surface area contributed by atoms with Crippen LogP contribution in [0.3, 0.4) is 0 Å². The number of hydrogen-bond donors (Lipinski definition) is 2. The van der Waals surface area contributed by atoms with E-state index in [1.807, 2.05) is 45.0 Å². The first-order valence-electron chi connectivity index (χ1n) is 11.1. The van der Waals surface area contributed by atoms with Crippen LogP contribution >= 0.6 is 0 Å². The lowest BCUT2D eigenvalue weighted by atomic mass is 10.1. The van der Waals surface area contributed by atoms with E-state index in [-0.39, 0.29) is 29.0 Å². The molecule has 1 amide bonds. The van der Waals surface area contributed by atoms with E-state index in [1.165, 1.54) is 7.05 Å². The Bertz CT molecular complexity index is 1480. The van der Waals surface area contributed by atoms with Gasteiger partial charge in [0.05, 0.1) is 22.5 Å². The molecule has 9 heteroatoms. The van der Waals surface area contributed by atoms with E-state index in [0.717, 1.165) is 26.7 Å². The largest absolute Gasteiger partial charge is 0.358 e. The molecule has 0 aliphatic rings. The van der Waals surface area contributed by atoms with Gasteiger partial charge in [-0.05, 0) is 56.2 Å². The van der Waals surface area contributed by atoms with Crippen molar-refractivity contribution in [3.63, 3.8) is 0 Å². The van der Waals surface area contributed by atoms with Crippen LogP contribution in [0.5, 0.6) is 0 Å². The molecule has 0 aliphatic heterocycles. The fraction of sp³-hybridized carbons (Fsp3) is 0.192. The summed E-state index contributed by atoms with van der Waals surface area (Å²) in [6.45, 7) is 5.62. The number of anilines is 3. The van der Waals surface area contributed by atoms with Crippen molar-refractivity contribution in [2.24, 2.45) is 0 Å². The molecule has 0 unspecified atom stereocenters. The predicted molar refractivity (Wildman–Crippen MR) is 139 cm³/mol. The molecule has 4 aromatic rings. The highest BCUT2D eigenvalue weighted by Gasteiger charge is 2.26. The zero-order valence-electron chi connectivity index (χ0n) is 20.0. The monoisotopic (exact) mass is 489 g/mol. The highest BCUT2D eigenvalue weighted by Crippen LogP contribution is 2.29. The number of carbonyl (C=O) groups is 1. The molecular weight excluding hydrogens is 462 g/mol. The number of carbonyl (C=O) groups excluding carboxylic acids is 1. The highest BCUT2D eigenvalue weighted by molar-refractivity contribution is 7.92. The van der Waals surface area contributed by atoms with E-state index in [0.29, 0.717) is 11.0 Å². The molecule has 0 bridgehead atoms. The van der Waals surface area contributed by atoms with Gasteiger partial charge in [-0.25, -0.2) is 22.7 Å². The van der Waals surface area contributed by atoms with Gasteiger partial charge in [0.25, 0.3) is 10.0 Å². The van der Waals surface area contributed by atoms with E-state index in [4.69, 9.17) is 0 Å². The summed E-state index contributed by atoms with van der Waals surface area (Å²) in [7, 11) is -2.48. The summed E-state index contributed by atoms with van der Waals surface area (Å²) in [5, 5.41) is 5.90. The number of rotatable bonds is 7. The summed E-state index contributed by atoms with van der Waals surface area (Å²) in [6, 6.07) is 19.5. The Hall–Kier alpha value is -3.98. The normalized spacial score (nSPS) is 11.3. The van der Waals surface area contributed by atoms with Crippen molar-refractivity contribution in [1.82, 2.24) is 9.97 Å². The molecule has 0 radical (unpaired) electrons. The Morgan fingerprint density at radius 2 is 1.46 bits per heavy atom. The van der Waals surface area contributed by atoms with Crippen molar-refractivity contribution < 1.29 is 13.2 Å². The van der Waals surface area contributed by atoms with Gasteiger partial charge in [-0.1, -0.05) is 48.0 Å². The summed E-state index contributed by atoms with van der Waals surface area (Å²) in [6.07, 6.45) is 0. The van der Waals surface area contributed by atoms with Crippen LogP contribution in [-0.2, 0) is 14.8 Å². The van der Waals surface area contributed by atoms with Crippen molar-refractivity contribution in [2.75, 3.05) is 28.5 Å². The van der Waals surface area contributed by atoms with Gasteiger partial charge < -0.3 is 10.6 Å². The second kappa shape index (κ2) is 9.71. The minimum atomic E-state index is -3.91. The number of fused-ring (bicyclic) bond motifs is 1. The van der Waals surface area contributed by atoms with Crippen LogP contribution in [-0.4, -0.2) is 37.9 Å². The molecule has 1 aromatic heterocycles. The third-order valence-corrected chi connectivity index (χ3v) is 7.45. The lowest BCUT2D eigenvalue weighted by Crippen LogP contribution is -2.30. The molecule has 2 N–H and O–H groups in total. The van der Waals surface area contributed by atoms with Gasteiger partial charge >= 0.3 is 0 Å². The molecule has 8 nitrogen and oxygen atoms in total. The van der Waals surface area contributed by atoms with Crippen molar-refractivity contribution in [3.8, 4) is 0 Å². The molecule has 0 atom stereocenters. The van der Waals surface area contributed by atoms with Gasteiger partial charge in [0.15, 0.2) is 11.6 Å². The van der Waals surface area contributed by atoms with Crippen molar-refractivity contribution in [1.29, 1.82) is 0 Å². The smallest absolute Gasteiger partial charge is 0.265 e.